The molecular formula is C15H17N3O3S. The lowest BCUT2D eigenvalue weighted by atomic mass is 10.1. The third-order valence-electron chi connectivity index (χ3n) is 3.14. The molecule has 0 saturated carbocycles. The molecule has 2 rings (SSSR count). The number of hydrogen-bond donors (Lipinski definition) is 3. The number of aryl methyl sites for hydroxylation is 1. The third-order valence-corrected chi connectivity index (χ3v) is 4.20. The Balaban J connectivity index is 2.08. The van der Waals surface area contributed by atoms with Gasteiger partial charge in [-0.05, 0) is 18.6 Å². The summed E-state index contributed by atoms with van der Waals surface area (Å²) in [5, 5.41) is 2.72. The van der Waals surface area contributed by atoms with Gasteiger partial charge in [-0.15, -0.1) is 11.3 Å². The molecule has 1 unspecified atom stereocenters. The highest BCUT2D eigenvalue weighted by Crippen LogP contribution is 2.26. The number of amides is 2. The van der Waals surface area contributed by atoms with Crippen molar-refractivity contribution in [3.63, 3.8) is 0 Å². The van der Waals surface area contributed by atoms with Gasteiger partial charge in [0, 0.05) is 11.3 Å². The van der Waals surface area contributed by atoms with Crippen LogP contribution in [-0.2, 0) is 16.1 Å². The van der Waals surface area contributed by atoms with Gasteiger partial charge in [0.15, 0.2) is 6.10 Å². The highest BCUT2D eigenvalue weighted by atomic mass is 32.1. The molecule has 6 nitrogen and oxygen atoms in total. The summed E-state index contributed by atoms with van der Waals surface area (Å²) in [7, 11) is 0. The Labute approximate surface area is 132 Å². The van der Waals surface area contributed by atoms with Gasteiger partial charge in [0.2, 0.25) is 0 Å². The lowest BCUT2D eigenvalue weighted by molar-refractivity contribution is -0.127. The molecule has 116 valence electrons. The Morgan fingerprint density at radius 2 is 2.00 bits per heavy atom. The lowest BCUT2D eigenvalue weighted by Gasteiger charge is -2.14. The van der Waals surface area contributed by atoms with Crippen LogP contribution in [0, 0.1) is 6.92 Å². The number of carbonyl (C=O) groups is 2. The minimum atomic E-state index is -0.821. The van der Waals surface area contributed by atoms with E-state index >= 15 is 0 Å². The van der Waals surface area contributed by atoms with Gasteiger partial charge >= 0.3 is 0 Å². The molecule has 1 aromatic heterocycles. The Kier molecular flexibility index (Phi) is 5.26. The Morgan fingerprint density at radius 1 is 1.32 bits per heavy atom. The zero-order valence-corrected chi connectivity index (χ0v) is 12.9. The molecule has 0 fully saturated rings. The van der Waals surface area contributed by atoms with E-state index in [4.69, 9.17) is 16.5 Å². The standard InChI is InChI=1S/C15H17N3O3S/c1-9-11(8-13(22-9)14(16)19)18-15(20)12(21-17)7-10-5-3-2-4-6-10/h2-6,8,12H,7,17H2,1H3,(H2,16,19)(H,18,20). The predicted octanol–water partition coefficient (Wildman–Crippen LogP) is 1.60. The second kappa shape index (κ2) is 7.17. The van der Waals surface area contributed by atoms with Crippen molar-refractivity contribution in [2.45, 2.75) is 19.4 Å². The summed E-state index contributed by atoms with van der Waals surface area (Å²) in [6.07, 6.45) is -0.464. The minimum Gasteiger partial charge on any atom is -0.365 e. The topological polar surface area (TPSA) is 107 Å². The van der Waals surface area contributed by atoms with E-state index in [0.717, 1.165) is 10.4 Å². The van der Waals surface area contributed by atoms with Crippen LogP contribution in [0.15, 0.2) is 36.4 Å². The van der Waals surface area contributed by atoms with Crippen molar-refractivity contribution in [1.29, 1.82) is 0 Å². The van der Waals surface area contributed by atoms with Crippen LogP contribution in [0.3, 0.4) is 0 Å². The van der Waals surface area contributed by atoms with Crippen molar-refractivity contribution < 1.29 is 14.4 Å². The molecule has 1 aromatic carbocycles. The summed E-state index contributed by atoms with van der Waals surface area (Å²) in [5.41, 5.74) is 6.71. The normalized spacial score (nSPS) is 11.9. The van der Waals surface area contributed by atoms with Gasteiger partial charge in [0.25, 0.3) is 11.8 Å². The number of rotatable bonds is 6. The Morgan fingerprint density at radius 3 is 2.55 bits per heavy atom. The minimum absolute atomic E-state index is 0.356. The van der Waals surface area contributed by atoms with Gasteiger partial charge in [-0.2, -0.15) is 0 Å². The second-order valence-corrected chi connectivity index (χ2v) is 6.00. The highest BCUT2D eigenvalue weighted by molar-refractivity contribution is 7.14. The van der Waals surface area contributed by atoms with Crippen LogP contribution in [0.4, 0.5) is 5.69 Å². The van der Waals surface area contributed by atoms with E-state index < -0.39 is 12.0 Å². The first-order valence-corrected chi connectivity index (χ1v) is 7.43. The molecule has 22 heavy (non-hydrogen) atoms. The molecule has 2 amide bonds. The van der Waals surface area contributed by atoms with Crippen molar-refractivity contribution in [2.75, 3.05) is 5.32 Å². The van der Waals surface area contributed by atoms with Crippen molar-refractivity contribution >= 4 is 28.8 Å². The summed E-state index contributed by atoms with van der Waals surface area (Å²) < 4.78 is 0. The summed E-state index contributed by atoms with van der Waals surface area (Å²) in [6, 6.07) is 11.0. The molecule has 7 heteroatoms. The van der Waals surface area contributed by atoms with E-state index in [1.165, 1.54) is 11.3 Å². The molecule has 0 radical (unpaired) electrons. The first-order valence-electron chi connectivity index (χ1n) is 6.62. The molecule has 1 heterocycles. The fraction of sp³-hybridized carbons (Fsp3) is 0.200. The molecule has 1 atom stereocenters. The number of carbonyl (C=O) groups excluding carboxylic acids is 2. The lowest BCUT2D eigenvalue weighted by Crippen LogP contribution is -2.34. The van der Waals surface area contributed by atoms with Crippen molar-refractivity contribution in [3.8, 4) is 0 Å². The fourth-order valence-corrected chi connectivity index (χ4v) is 2.80. The zero-order valence-electron chi connectivity index (χ0n) is 12.0. The van der Waals surface area contributed by atoms with Gasteiger partial charge < -0.3 is 11.1 Å². The fourth-order valence-electron chi connectivity index (χ4n) is 1.97. The van der Waals surface area contributed by atoms with Crippen LogP contribution in [0.1, 0.15) is 20.1 Å². The summed E-state index contributed by atoms with van der Waals surface area (Å²) in [4.78, 5) is 29.4. The van der Waals surface area contributed by atoms with E-state index in [2.05, 4.69) is 5.32 Å². The van der Waals surface area contributed by atoms with Gasteiger partial charge in [-0.1, -0.05) is 30.3 Å². The largest absolute Gasteiger partial charge is 0.365 e. The van der Waals surface area contributed by atoms with E-state index in [-0.39, 0.29) is 5.91 Å². The maximum atomic E-state index is 12.3. The van der Waals surface area contributed by atoms with Gasteiger partial charge in [0.1, 0.15) is 0 Å². The number of nitrogens with one attached hydrogen (secondary N) is 1. The van der Waals surface area contributed by atoms with Crippen LogP contribution in [-0.4, -0.2) is 17.9 Å². The number of anilines is 1. The van der Waals surface area contributed by atoms with E-state index in [1.807, 2.05) is 30.3 Å². The molecule has 0 spiro atoms. The van der Waals surface area contributed by atoms with E-state index in [1.54, 1.807) is 13.0 Å². The maximum absolute atomic E-state index is 12.3. The second-order valence-electron chi connectivity index (χ2n) is 4.75. The van der Waals surface area contributed by atoms with Crippen LogP contribution >= 0.6 is 11.3 Å². The van der Waals surface area contributed by atoms with E-state index in [9.17, 15) is 9.59 Å². The van der Waals surface area contributed by atoms with Crippen LogP contribution in [0.2, 0.25) is 0 Å². The SMILES string of the molecule is Cc1sc(C(N)=O)cc1NC(=O)C(Cc1ccccc1)ON. The first-order chi connectivity index (χ1) is 10.5. The van der Waals surface area contributed by atoms with Gasteiger partial charge in [0.05, 0.1) is 10.6 Å². The van der Waals surface area contributed by atoms with Crippen LogP contribution < -0.4 is 16.9 Å². The van der Waals surface area contributed by atoms with Gasteiger partial charge in [-0.3, -0.25) is 14.4 Å². The predicted molar refractivity (Wildman–Crippen MR) is 85.4 cm³/mol. The average Bonchev–Trinajstić information content (AvgIpc) is 2.87. The number of primary amides is 1. The highest BCUT2D eigenvalue weighted by Gasteiger charge is 2.21. The number of benzene rings is 1. The van der Waals surface area contributed by atoms with Gasteiger partial charge in [-0.25, -0.2) is 5.90 Å². The Hall–Kier alpha value is -2.22. The van der Waals surface area contributed by atoms with Crippen molar-refractivity contribution in [3.05, 3.63) is 51.7 Å². The molecule has 0 saturated heterocycles. The van der Waals surface area contributed by atoms with Crippen LogP contribution in [0.25, 0.3) is 0 Å². The summed E-state index contributed by atoms with van der Waals surface area (Å²) in [5.74, 6) is 4.34. The smallest absolute Gasteiger partial charge is 0.258 e. The van der Waals surface area contributed by atoms with Crippen molar-refractivity contribution in [2.24, 2.45) is 11.6 Å². The molecular weight excluding hydrogens is 302 g/mol. The molecule has 2 aromatic rings. The number of thiophene rings is 1. The number of hydrogen-bond acceptors (Lipinski definition) is 5. The summed E-state index contributed by atoms with van der Waals surface area (Å²) >= 11 is 1.23. The zero-order chi connectivity index (χ0) is 16.1. The molecule has 0 aliphatic carbocycles. The third kappa shape index (κ3) is 3.91. The van der Waals surface area contributed by atoms with Crippen molar-refractivity contribution in [1.82, 2.24) is 0 Å². The average molecular weight is 319 g/mol. The molecule has 5 N–H and O–H groups in total. The summed E-state index contributed by atoms with van der Waals surface area (Å²) in [6.45, 7) is 1.79. The van der Waals surface area contributed by atoms with E-state index in [0.29, 0.717) is 17.0 Å². The molecule has 0 bridgehead atoms. The quantitative estimate of drug-likeness (QED) is 0.703. The number of nitrogens with two attached hydrogens (primary N) is 2. The Bertz CT molecular complexity index is 670. The first kappa shape index (κ1) is 16.2. The molecule has 0 aliphatic heterocycles. The molecule has 0 aliphatic rings. The van der Waals surface area contributed by atoms with Crippen LogP contribution in [0.5, 0.6) is 0 Å². The maximum Gasteiger partial charge on any atom is 0.258 e. The monoisotopic (exact) mass is 319 g/mol.